The lowest BCUT2D eigenvalue weighted by atomic mass is 9.87. The summed E-state index contributed by atoms with van der Waals surface area (Å²) < 4.78 is 5.16. The molecule has 0 aliphatic heterocycles. The predicted molar refractivity (Wildman–Crippen MR) is 69.7 cm³/mol. The minimum absolute atomic E-state index is 0.617. The number of hydrogen-bond donors (Lipinski definition) is 1. The summed E-state index contributed by atoms with van der Waals surface area (Å²) in [6, 6.07) is 0.617. The fourth-order valence-electron chi connectivity index (χ4n) is 2.81. The first-order valence-corrected chi connectivity index (χ1v) is 6.96. The Morgan fingerprint density at radius 3 is 2.50 bits per heavy atom. The Balaban J connectivity index is 2.28. The van der Waals surface area contributed by atoms with Crippen molar-refractivity contribution in [2.24, 2.45) is 11.8 Å². The van der Waals surface area contributed by atoms with Crippen LogP contribution in [-0.4, -0.2) is 26.3 Å². The van der Waals surface area contributed by atoms with Crippen LogP contribution in [0.15, 0.2) is 0 Å². The first-order chi connectivity index (χ1) is 7.74. The van der Waals surface area contributed by atoms with Gasteiger partial charge in [-0.1, -0.05) is 39.5 Å². The molecule has 0 amide bonds. The summed E-state index contributed by atoms with van der Waals surface area (Å²) in [7, 11) is 1.80. The molecule has 2 nitrogen and oxygen atoms in total. The molecule has 0 spiro atoms. The molecule has 1 aliphatic carbocycles. The molecule has 1 N–H and O–H groups in total. The lowest BCUT2D eigenvalue weighted by Gasteiger charge is -2.25. The topological polar surface area (TPSA) is 21.3 Å². The minimum Gasteiger partial charge on any atom is -0.385 e. The second-order valence-electron chi connectivity index (χ2n) is 5.50. The standard InChI is InChI=1S/C14H29NO/c1-12(2)15-11-14(9-6-10-16-3)13-7-4-5-8-13/h12-15H,4-11H2,1-3H3. The zero-order valence-corrected chi connectivity index (χ0v) is 11.3. The van der Waals surface area contributed by atoms with Crippen LogP contribution in [0.25, 0.3) is 0 Å². The van der Waals surface area contributed by atoms with E-state index in [0.717, 1.165) is 18.4 Å². The third-order valence-electron chi connectivity index (χ3n) is 3.78. The van der Waals surface area contributed by atoms with E-state index >= 15 is 0 Å². The highest BCUT2D eigenvalue weighted by atomic mass is 16.5. The van der Waals surface area contributed by atoms with Crippen molar-refractivity contribution in [2.45, 2.75) is 58.4 Å². The van der Waals surface area contributed by atoms with Crippen LogP contribution in [0.4, 0.5) is 0 Å². The molecule has 0 aromatic carbocycles. The predicted octanol–water partition coefficient (Wildman–Crippen LogP) is 3.22. The summed E-state index contributed by atoms with van der Waals surface area (Å²) in [6.45, 7) is 6.60. The van der Waals surface area contributed by atoms with Gasteiger partial charge in [0.2, 0.25) is 0 Å². The first kappa shape index (κ1) is 14.0. The van der Waals surface area contributed by atoms with Gasteiger partial charge < -0.3 is 10.1 Å². The van der Waals surface area contributed by atoms with Crippen molar-refractivity contribution in [3.8, 4) is 0 Å². The van der Waals surface area contributed by atoms with E-state index in [1.54, 1.807) is 7.11 Å². The van der Waals surface area contributed by atoms with Crippen molar-refractivity contribution in [1.82, 2.24) is 5.32 Å². The Labute approximate surface area is 101 Å². The zero-order valence-electron chi connectivity index (χ0n) is 11.3. The highest BCUT2D eigenvalue weighted by Gasteiger charge is 2.24. The molecule has 0 aromatic heterocycles. The van der Waals surface area contributed by atoms with E-state index < -0.39 is 0 Å². The van der Waals surface area contributed by atoms with Crippen molar-refractivity contribution < 1.29 is 4.74 Å². The van der Waals surface area contributed by atoms with E-state index in [1.165, 1.54) is 45.1 Å². The molecule has 1 aliphatic rings. The van der Waals surface area contributed by atoms with E-state index in [-0.39, 0.29) is 0 Å². The van der Waals surface area contributed by atoms with Crippen LogP contribution in [0.1, 0.15) is 52.4 Å². The van der Waals surface area contributed by atoms with Gasteiger partial charge in [0.25, 0.3) is 0 Å². The van der Waals surface area contributed by atoms with Crippen LogP contribution >= 0.6 is 0 Å². The molecule has 16 heavy (non-hydrogen) atoms. The van der Waals surface area contributed by atoms with Gasteiger partial charge in [0.1, 0.15) is 0 Å². The molecule has 96 valence electrons. The summed E-state index contributed by atoms with van der Waals surface area (Å²) >= 11 is 0. The normalized spacial score (nSPS) is 19.5. The van der Waals surface area contributed by atoms with Crippen molar-refractivity contribution >= 4 is 0 Å². The average Bonchev–Trinajstić information content (AvgIpc) is 2.76. The monoisotopic (exact) mass is 227 g/mol. The number of methoxy groups -OCH3 is 1. The van der Waals surface area contributed by atoms with Gasteiger partial charge in [-0.05, 0) is 31.2 Å². The number of hydrogen-bond acceptors (Lipinski definition) is 2. The van der Waals surface area contributed by atoms with Crippen LogP contribution in [0.2, 0.25) is 0 Å². The lowest BCUT2D eigenvalue weighted by Crippen LogP contribution is -2.32. The van der Waals surface area contributed by atoms with Crippen molar-refractivity contribution in [3.05, 3.63) is 0 Å². The molecule has 1 atom stereocenters. The quantitative estimate of drug-likeness (QED) is 0.643. The molecule has 0 saturated heterocycles. The zero-order chi connectivity index (χ0) is 11.8. The van der Waals surface area contributed by atoms with E-state index in [0.29, 0.717) is 6.04 Å². The van der Waals surface area contributed by atoms with Crippen molar-refractivity contribution in [1.29, 1.82) is 0 Å². The molecular formula is C14H29NO. The molecule has 1 saturated carbocycles. The Bertz CT molecular complexity index is 164. The molecule has 0 bridgehead atoms. The second kappa shape index (κ2) is 8.08. The van der Waals surface area contributed by atoms with Crippen molar-refractivity contribution in [3.63, 3.8) is 0 Å². The maximum absolute atomic E-state index is 5.16. The summed E-state index contributed by atoms with van der Waals surface area (Å²) in [5.41, 5.74) is 0. The lowest BCUT2D eigenvalue weighted by molar-refractivity contribution is 0.177. The Morgan fingerprint density at radius 2 is 1.94 bits per heavy atom. The smallest absolute Gasteiger partial charge is 0.0462 e. The molecule has 0 heterocycles. The largest absolute Gasteiger partial charge is 0.385 e. The molecule has 0 radical (unpaired) electrons. The highest BCUT2D eigenvalue weighted by molar-refractivity contribution is 4.77. The fraction of sp³-hybridized carbons (Fsp3) is 1.00. The Hall–Kier alpha value is -0.0800. The molecule has 1 rings (SSSR count). The van der Waals surface area contributed by atoms with Gasteiger partial charge in [-0.3, -0.25) is 0 Å². The highest BCUT2D eigenvalue weighted by Crippen LogP contribution is 2.33. The molecular weight excluding hydrogens is 198 g/mol. The minimum atomic E-state index is 0.617. The molecule has 1 fully saturated rings. The fourth-order valence-corrected chi connectivity index (χ4v) is 2.81. The summed E-state index contributed by atoms with van der Waals surface area (Å²) in [5.74, 6) is 1.85. The third kappa shape index (κ3) is 5.31. The Morgan fingerprint density at radius 1 is 1.25 bits per heavy atom. The van der Waals surface area contributed by atoms with Gasteiger partial charge >= 0.3 is 0 Å². The summed E-state index contributed by atoms with van der Waals surface area (Å²) in [5, 5.41) is 3.61. The van der Waals surface area contributed by atoms with Crippen LogP contribution in [0.3, 0.4) is 0 Å². The van der Waals surface area contributed by atoms with Crippen molar-refractivity contribution in [2.75, 3.05) is 20.3 Å². The van der Waals surface area contributed by atoms with Gasteiger partial charge in [0.05, 0.1) is 0 Å². The van der Waals surface area contributed by atoms with Gasteiger partial charge in [-0.15, -0.1) is 0 Å². The van der Waals surface area contributed by atoms with Crippen LogP contribution < -0.4 is 5.32 Å². The SMILES string of the molecule is COCCCC(CNC(C)C)C1CCCC1. The van der Waals surface area contributed by atoms with Crippen LogP contribution in [0, 0.1) is 11.8 Å². The van der Waals surface area contributed by atoms with Gasteiger partial charge in [0.15, 0.2) is 0 Å². The second-order valence-corrected chi connectivity index (χ2v) is 5.50. The molecule has 2 heteroatoms. The van der Waals surface area contributed by atoms with Gasteiger partial charge in [-0.2, -0.15) is 0 Å². The Kier molecular flexibility index (Phi) is 7.06. The first-order valence-electron chi connectivity index (χ1n) is 6.96. The van der Waals surface area contributed by atoms with Gasteiger partial charge in [-0.25, -0.2) is 0 Å². The number of nitrogens with one attached hydrogen (secondary N) is 1. The molecule has 1 unspecified atom stereocenters. The molecule has 0 aromatic rings. The maximum atomic E-state index is 5.16. The van der Waals surface area contributed by atoms with Crippen LogP contribution in [0.5, 0.6) is 0 Å². The number of rotatable bonds is 8. The van der Waals surface area contributed by atoms with E-state index in [4.69, 9.17) is 4.74 Å². The maximum Gasteiger partial charge on any atom is 0.0462 e. The van der Waals surface area contributed by atoms with Crippen LogP contribution in [-0.2, 0) is 4.74 Å². The third-order valence-corrected chi connectivity index (χ3v) is 3.78. The summed E-state index contributed by atoms with van der Waals surface area (Å²) in [4.78, 5) is 0. The van der Waals surface area contributed by atoms with E-state index in [9.17, 15) is 0 Å². The van der Waals surface area contributed by atoms with E-state index in [1.807, 2.05) is 0 Å². The van der Waals surface area contributed by atoms with Gasteiger partial charge in [0, 0.05) is 19.8 Å². The summed E-state index contributed by atoms with van der Waals surface area (Å²) in [6.07, 6.45) is 8.37. The number of ether oxygens (including phenoxy) is 1. The van der Waals surface area contributed by atoms with E-state index in [2.05, 4.69) is 19.2 Å². The average molecular weight is 227 g/mol.